The third kappa shape index (κ3) is 8.52. The maximum atomic E-state index is 3.63. The smallest absolute Gasteiger partial charge is 0.0384 e. The summed E-state index contributed by atoms with van der Waals surface area (Å²) in [7, 11) is 0. The highest BCUT2D eigenvalue weighted by Crippen LogP contribution is 2.45. The maximum absolute atomic E-state index is 3.63. The molecule has 1 fully saturated rings. The lowest BCUT2D eigenvalue weighted by atomic mass is 9.65. The number of benzene rings is 8. The first-order chi connectivity index (χ1) is 28.6. The predicted octanol–water partition coefficient (Wildman–Crippen LogP) is 15.2. The van der Waals surface area contributed by atoms with Crippen LogP contribution in [0.1, 0.15) is 43.2 Å². The lowest BCUT2D eigenvalue weighted by molar-refractivity contribution is 0.346. The van der Waals surface area contributed by atoms with Gasteiger partial charge in [-0.15, -0.1) is 0 Å². The van der Waals surface area contributed by atoms with Gasteiger partial charge in [0.2, 0.25) is 0 Å². The van der Waals surface area contributed by atoms with Crippen molar-refractivity contribution in [2.75, 3.05) is 21.3 Å². The minimum absolute atomic E-state index is 0.0247. The lowest BCUT2D eigenvalue weighted by Crippen LogP contribution is -2.30. The van der Waals surface area contributed by atoms with Crippen LogP contribution in [-0.2, 0) is 5.41 Å². The molecule has 1 saturated carbocycles. The third-order valence-corrected chi connectivity index (χ3v) is 11.5. The van der Waals surface area contributed by atoms with Crippen molar-refractivity contribution < 1.29 is 0 Å². The molecule has 0 spiro atoms. The highest BCUT2D eigenvalue weighted by molar-refractivity contribution is 5.73. The molecule has 4 N–H and O–H groups in total. The number of hydrogen-bond donors (Lipinski definition) is 4. The normalized spacial score (nSPS) is 13.3. The van der Waals surface area contributed by atoms with Crippen LogP contribution in [0.5, 0.6) is 0 Å². The topological polar surface area (TPSA) is 48.1 Å². The first-order valence-corrected chi connectivity index (χ1v) is 20.5. The van der Waals surface area contributed by atoms with Crippen molar-refractivity contribution in [1.29, 1.82) is 0 Å². The highest BCUT2D eigenvalue weighted by Gasteiger charge is 2.35. The Hall–Kier alpha value is -7.04. The second-order valence-corrected chi connectivity index (χ2v) is 15.3. The van der Waals surface area contributed by atoms with Crippen LogP contribution in [0.25, 0.3) is 22.3 Å². The number of anilines is 8. The van der Waals surface area contributed by atoms with E-state index in [1.54, 1.807) is 0 Å². The van der Waals surface area contributed by atoms with Gasteiger partial charge in [0, 0.05) is 50.9 Å². The van der Waals surface area contributed by atoms with E-state index in [0.29, 0.717) is 0 Å². The van der Waals surface area contributed by atoms with E-state index in [1.165, 1.54) is 65.5 Å². The summed E-state index contributed by atoms with van der Waals surface area (Å²) in [6.45, 7) is 0. The van der Waals surface area contributed by atoms with E-state index in [-0.39, 0.29) is 5.41 Å². The molecule has 284 valence electrons. The van der Waals surface area contributed by atoms with Gasteiger partial charge in [-0.25, -0.2) is 0 Å². The van der Waals surface area contributed by atoms with Crippen LogP contribution in [0.3, 0.4) is 0 Å². The van der Waals surface area contributed by atoms with Crippen molar-refractivity contribution in [3.05, 3.63) is 217 Å². The summed E-state index contributed by atoms with van der Waals surface area (Å²) in [5.74, 6) is 0. The van der Waals surface area contributed by atoms with E-state index in [9.17, 15) is 0 Å². The Balaban J connectivity index is 0.828. The monoisotopic (exact) mass is 752 g/mol. The zero-order valence-corrected chi connectivity index (χ0v) is 32.7. The fourth-order valence-electron chi connectivity index (χ4n) is 8.34. The van der Waals surface area contributed by atoms with Crippen molar-refractivity contribution in [3.8, 4) is 22.3 Å². The molecule has 8 aromatic rings. The van der Waals surface area contributed by atoms with Crippen LogP contribution in [0, 0.1) is 0 Å². The molecule has 1 aliphatic carbocycles. The molecule has 58 heavy (non-hydrogen) atoms. The summed E-state index contributed by atoms with van der Waals surface area (Å²) >= 11 is 0. The minimum atomic E-state index is 0.0247. The molecule has 0 aliphatic heterocycles. The van der Waals surface area contributed by atoms with Gasteiger partial charge in [-0.2, -0.15) is 0 Å². The molecule has 0 radical (unpaired) electrons. The molecule has 4 nitrogen and oxygen atoms in total. The zero-order valence-electron chi connectivity index (χ0n) is 32.7. The van der Waals surface area contributed by atoms with E-state index in [4.69, 9.17) is 0 Å². The molecule has 0 amide bonds. The second kappa shape index (κ2) is 17.0. The summed E-state index contributed by atoms with van der Waals surface area (Å²) < 4.78 is 0. The van der Waals surface area contributed by atoms with Crippen molar-refractivity contribution in [3.63, 3.8) is 0 Å². The van der Waals surface area contributed by atoms with Crippen LogP contribution in [-0.4, -0.2) is 0 Å². The standard InChI is InChI=1S/C54H48N4/c1-4-10-46(11-5-1)55-48-26-14-40(15-27-48)42-18-30-50(31-19-42)57-52-34-22-44(23-35-52)54(38-8-3-9-39-54)45-24-36-53(37-25-45)58-51-32-20-43(21-33-51)41-16-28-49(29-17-41)56-47-12-6-2-7-13-47/h1-2,4-7,10-37,55-58H,3,8-9,38-39H2. The maximum Gasteiger partial charge on any atom is 0.0384 e. The molecule has 0 bridgehead atoms. The van der Waals surface area contributed by atoms with Crippen molar-refractivity contribution >= 4 is 45.5 Å². The molecule has 0 saturated heterocycles. The summed E-state index contributed by atoms with van der Waals surface area (Å²) in [5, 5.41) is 14.2. The quantitative estimate of drug-likeness (QED) is 0.100. The van der Waals surface area contributed by atoms with Gasteiger partial charge in [0.25, 0.3) is 0 Å². The molecule has 0 heterocycles. The van der Waals surface area contributed by atoms with Gasteiger partial charge in [-0.05, 0) is 143 Å². The number of rotatable bonds is 12. The molecule has 4 heteroatoms. The first kappa shape index (κ1) is 36.6. The molecule has 9 rings (SSSR count). The molecular formula is C54H48N4. The Labute approximate surface area is 342 Å². The van der Waals surface area contributed by atoms with E-state index in [2.05, 4.69) is 191 Å². The van der Waals surface area contributed by atoms with Crippen molar-refractivity contribution in [2.45, 2.75) is 37.5 Å². The van der Waals surface area contributed by atoms with Crippen LogP contribution in [0.4, 0.5) is 45.5 Å². The first-order valence-electron chi connectivity index (χ1n) is 20.5. The molecule has 0 unspecified atom stereocenters. The van der Waals surface area contributed by atoms with Crippen molar-refractivity contribution in [1.82, 2.24) is 0 Å². The fourth-order valence-corrected chi connectivity index (χ4v) is 8.34. The van der Waals surface area contributed by atoms with Gasteiger partial charge in [0.1, 0.15) is 0 Å². The number of hydrogen-bond acceptors (Lipinski definition) is 4. The van der Waals surface area contributed by atoms with E-state index in [1.807, 2.05) is 36.4 Å². The van der Waals surface area contributed by atoms with Crippen LogP contribution < -0.4 is 21.3 Å². The predicted molar refractivity (Wildman–Crippen MR) is 247 cm³/mol. The summed E-state index contributed by atoms with van der Waals surface area (Å²) in [6.07, 6.45) is 6.13. The van der Waals surface area contributed by atoms with Gasteiger partial charge >= 0.3 is 0 Å². The zero-order chi connectivity index (χ0) is 39.0. The Morgan fingerprint density at radius 1 is 0.241 bits per heavy atom. The van der Waals surface area contributed by atoms with Gasteiger partial charge in [0.15, 0.2) is 0 Å². The van der Waals surface area contributed by atoms with E-state index in [0.717, 1.165) is 45.5 Å². The van der Waals surface area contributed by atoms with Gasteiger partial charge in [-0.1, -0.05) is 128 Å². The molecule has 1 aliphatic rings. The fraction of sp³-hybridized carbons (Fsp3) is 0.111. The summed E-state index contributed by atoms with van der Waals surface area (Å²) in [4.78, 5) is 0. The van der Waals surface area contributed by atoms with Crippen LogP contribution in [0.15, 0.2) is 206 Å². The third-order valence-electron chi connectivity index (χ3n) is 11.5. The highest BCUT2D eigenvalue weighted by atomic mass is 14.9. The van der Waals surface area contributed by atoms with Crippen molar-refractivity contribution in [2.24, 2.45) is 0 Å². The number of nitrogens with one attached hydrogen (secondary N) is 4. The number of para-hydroxylation sites is 2. The summed E-state index contributed by atoms with van der Waals surface area (Å²) in [6, 6.07) is 73.5. The van der Waals surface area contributed by atoms with Crippen LogP contribution in [0.2, 0.25) is 0 Å². The SMILES string of the molecule is c1ccc(Nc2ccc(-c3ccc(Nc4ccc(C5(c6ccc(Nc7ccc(-c8ccc(Nc9ccccc9)cc8)cc7)cc6)CCCCC5)cc4)cc3)cc2)cc1. The van der Waals surface area contributed by atoms with E-state index < -0.39 is 0 Å². The Morgan fingerprint density at radius 3 is 0.759 bits per heavy atom. The van der Waals surface area contributed by atoms with Gasteiger partial charge in [0.05, 0.1) is 0 Å². The Kier molecular flexibility index (Phi) is 10.7. The van der Waals surface area contributed by atoms with Crippen LogP contribution >= 0.6 is 0 Å². The molecule has 8 aromatic carbocycles. The average molecular weight is 753 g/mol. The molecule has 0 atom stereocenters. The van der Waals surface area contributed by atoms with Gasteiger partial charge in [-0.3, -0.25) is 0 Å². The lowest BCUT2D eigenvalue weighted by Gasteiger charge is -2.39. The Bertz CT molecular complexity index is 2330. The minimum Gasteiger partial charge on any atom is -0.356 e. The average Bonchev–Trinajstić information content (AvgIpc) is 3.29. The van der Waals surface area contributed by atoms with E-state index >= 15 is 0 Å². The second-order valence-electron chi connectivity index (χ2n) is 15.3. The molecule has 0 aromatic heterocycles. The summed E-state index contributed by atoms with van der Waals surface area (Å²) in [5.41, 5.74) is 16.3. The Morgan fingerprint density at radius 2 is 0.483 bits per heavy atom. The molecular weight excluding hydrogens is 705 g/mol. The van der Waals surface area contributed by atoms with Gasteiger partial charge < -0.3 is 21.3 Å². The largest absolute Gasteiger partial charge is 0.356 e.